The van der Waals surface area contributed by atoms with Gasteiger partial charge in [-0.15, -0.1) is 0 Å². The molecular formula is C6H8ClN3O4S. The van der Waals surface area contributed by atoms with Gasteiger partial charge in [0.25, 0.3) is 9.05 Å². The van der Waals surface area contributed by atoms with E-state index in [1.165, 1.54) is 11.6 Å². The third-order valence-corrected chi connectivity index (χ3v) is 3.28. The van der Waals surface area contributed by atoms with Gasteiger partial charge in [-0.25, -0.2) is 8.42 Å². The summed E-state index contributed by atoms with van der Waals surface area (Å²) < 4.78 is 23.4. The molecule has 0 amide bonds. The molecule has 0 atom stereocenters. The number of nitrogens with zero attached hydrogens (tertiary/aromatic N) is 3. The van der Waals surface area contributed by atoms with Crippen molar-refractivity contribution in [1.29, 1.82) is 0 Å². The van der Waals surface area contributed by atoms with Crippen molar-refractivity contribution in [3.8, 4) is 0 Å². The summed E-state index contributed by atoms with van der Waals surface area (Å²) in [5.74, 6) is -0.732. The molecule has 1 aromatic rings. The lowest BCUT2D eigenvalue weighted by Crippen LogP contribution is -2.00. The number of aryl methyl sites for hydroxylation is 1. The zero-order valence-electron chi connectivity index (χ0n) is 7.97. The molecular weight excluding hydrogens is 246 g/mol. The molecule has 0 spiro atoms. The van der Waals surface area contributed by atoms with Gasteiger partial charge in [0.05, 0.1) is 17.3 Å². The van der Waals surface area contributed by atoms with Crippen molar-refractivity contribution >= 4 is 25.6 Å². The second-order valence-corrected chi connectivity index (χ2v) is 5.25. The highest BCUT2D eigenvalue weighted by molar-refractivity contribution is 8.13. The molecule has 15 heavy (non-hydrogen) atoms. The number of hydrogen-bond donors (Lipinski definition) is 0. The lowest BCUT2D eigenvalue weighted by atomic mass is 10.4. The zero-order chi connectivity index (χ0) is 11.8. The molecule has 0 bridgehead atoms. The predicted octanol–water partition coefficient (Wildman–Crippen LogP) is 1.05. The van der Waals surface area contributed by atoms with Gasteiger partial charge in [-0.05, 0) is 18.8 Å². The average molecular weight is 254 g/mol. The van der Waals surface area contributed by atoms with E-state index < -0.39 is 24.7 Å². The van der Waals surface area contributed by atoms with Crippen molar-refractivity contribution in [2.24, 2.45) is 0 Å². The Labute approximate surface area is 90.2 Å². The van der Waals surface area contributed by atoms with Gasteiger partial charge in [0.2, 0.25) is 4.90 Å². The van der Waals surface area contributed by atoms with E-state index in [1.54, 1.807) is 6.92 Å². The second kappa shape index (κ2) is 3.78. The second-order valence-electron chi connectivity index (χ2n) is 2.75. The summed E-state index contributed by atoms with van der Waals surface area (Å²) in [5.41, 5.74) is 0.166. The molecule has 0 fully saturated rings. The molecule has 1 rings (SSSR count). The molecule has 0 unspecified atom stereocenters. The van der Waals surface area contributed by atoms with Gasteiger partial charge < -0.3 is 10.1 Å². The van der Waals surface area contributed by atoms with Gasteiger partial charge in [-0.1, -0.05) is 0 Å². The van der Waals surface area contributed by atoms with Crippen LogP contribution in [-0.2, 0) is 15.6 Å². The van der Waals surface area contributed by atoms with E-state index in [9.17, 15) is 18.5 Å². The average Bonchev–Trinajstić information content (AvgIpc) is 2.41. The highest BCUT2D eigenvalue weighted by atomic mass is 35.7. The topological polar surface area (TPSA) is 95.1 Å². The maximum absolute atomic E-state index is 11.1. The van der Waals surface area contributed by atoms with Crippen LogP contribution >= 0.6 is 10.7 Å². The van der Waals surface area contributed by atoms with E-state index in [-0.39, 0.29) is 5.69 Å². The van der Waals surface area contributed by atoms with E-state index in [4.69, 9.17) is 10.7 Å². The highest BCUT2D eigenvalue weighted by Gasteiger charge is 2.33. The predicted molar refractivity (Wildman–Crippen MR) is 52.3 cm³/mol. The maximum Gasteiger partial charge on any atom is 0.410 e. The number of halogens is 1. The van der Waals surface area contributed by atoms with Gasteiger partial charge >= 0.3 is 5.82 Å². The fourth-order valence-corrected chi connectivity index (χ4v) is 2.56. The van der Waals surface area contributed by atoms with E-state index in [1.807, 2.05) is 0 Å². The third kappa shape index (κ3) is 2.10. The Bertz CT molecular complexity index is 507. The van der Waals surface area contributed by atoms with Gasteiger partial charge in [-0.3, -0.25) is 0 Å². The van der Waals surface area contributed by atoms with Crippen LogP contribution in [0.2, 0.25) is 0 Å². The Hall–Kier alpha value is -1.15. The summed E-state index contributed by atoms with van der Waals surface area (Å²) in [6, 6.07) is 0. The number of aromatic nitrogens is 2. The summed E-state index contributed by atoms with van der Waals surface area (Å²) >= 11 is 0. The number of nitro groups is 1. The molecule has 0 aliphatic rings. The van der Waals surface area contributed by atoms with Crippen molar-refractivity contribution < 1.29 is 13.3 Å². The normalized spacial score (nSPS) is 11.7. The summed E-state index contributed by atoms with van der Waals surface area (Å²) in [6.45, 7) is 3.44. The van der Waals surface area contributed by atoms with Crippen LogP contribution < -0.4 is 0 Å². The van der Waals surface area contributed by atoms with E-state index >= 15 is 0 Å². The summed E-state index contributed by atoms with van der Waals surface area (Å²) in [6.07, 6.45) is 0. The minimum Gasteiger partial charge on any atom is -0.358 e. The number of rotatable bonds is 3. The first-order valence-electron chi connectivity index (χ1n) is 3.95. The SMILES string of the molecule is CCn1nc([N+](=O)[O-])c(S(=O)(=O)Cl)c1C. The molecule has 0 aliphatic carbocycles. The first kappa shape index (κ1) is 11.9. The summed E-state index contributed by atoms with van der Waals surface area (Å²) in [5, 5.41) is 14.1. The Balaban J connectivity index is 3.61. The van der Waals surface area contributed by atoms with Crippen LogP contribution in [0.5, 0.6) is 0 Å². The van der Waals surface area contributed by atoms with E-state index in [2.05, 4.69) is 5.10 Å². The first-order chi connectivity index (χ1) is 6.79. The van der Waals surface area contributed by atoms with Crippen LogP contribution in [0.25, 0.3) is 0 Å². The Kier molecular flexibility index (Phi) is 3.00. The number of hydrogen-bond acceptors (Lipinski definition) is 5. The maximum atomic E-state index is 11.1. The lowest BCUT2D eigenvalue weighted by molar-refractivity contribution is -0.392. The quantitative estimate of drug-likeness (QED) is 0.456. The lowest BCUT2D eigenvalue weighted by Gasteiger charge is -1.94. The largest absolute Gasteiger partial charge is 0.410 e. The van der Waals surface area contributed by atoms with E-state index in [0.29, 0.717) is 6.54 Å². The van der Waals surface area contributed by atoms with Crippen molar-refractivity contribution in [2.75, 3.05) is 0 Å². The smallest absolute Gasteiger partial charge is 0.358 e. The fraction of sp³-hybridized carbons (Fsp3) is 0.500. The molecule has 84 valence electrons. The first-order valence-corrected chi connectivity index (χ1v) is 6.26. The molecule has 0 aromatic carbocycles. The monoisotopic (exact) mass is 253 g/mol. The molecule has 0 aliphatic heterocycles. The van der Waals surface area contributed by atoms with Crippen LogP contribution in [-0.4, -0.2) is 23.1 Å². The molecule has 0 saturated carbocycles. The van der Waals surface area contributed by atoms with Crippen LogP contribution in [0.15, 0.2) is 4.90 Å². The summed E-state index contributed by atoms with van der Waals surface area (Å²) in [7, 11) is 0.947. The van der Waals surface area contributed by atoms with Crippen LogP contribution in [0, 0.1) is 17.0 Å². The minimum atomic E-state index is -4.15. The zero-order valence-corrected chi connectivity index (χ0v) is 9.54. The molecule has 7 nitrogen and oxygen atoms in total. The highest BCUT2D eigenvalue weighted by Crippen LogP contribution is 2.28. The Morgan fingerprint density at radius 1 is 1.60 bits per heavy atom. The Morgan fingerprint density at radius 3 is 2.40 bits per heavy atom. The Morgan fingerprint density at radius 2 is 2.13 bits per heavy atom. The standard InChI is InChI=1S/C6H8ClN3O4S/c1-3-9-4(2)5(15(7,13)14)6(8-9)10(11)12/h3H2,1-2H3. The van der Waals surface area contributed by atoms with Crippen molar-refractivity contribution in [3.63, 3.8) is 0 Å². The van der Waals surface area contributed by atoms with Crippen molar-refractivity contribution in [1.82, 2.24) is 9.78 Å². The van der Waals surface area contributed by atoms with Crippen molar-refractivity contribution in [2.45, 2.75) is 25.3 Å². The van der Waals surface area contributed by atoms with Gasteiger partial charge in [0.15, 0.2) is 0 Å². The molecule has 0 radical (unpaired) electrons. The molecule has 1 aromatic heterocycles. The van der Waals surface area contributed by atoms with Crippen molar-refractivity contribution in [3.05, 3.63) is 15.8 Å². The van der Waals surface area contributed by atoms with Gasteiger partial charge in [-0.2, -0.15) is 4.68 Å². The fourth-order valence-electron chi connectivity index (χ4n) is 1.23. The van der Waals surface area contributed by atoms with Gasteiger partial charge in [0.1, 0.15) is 0 Å². The molecule has 0 saturated heterocycles. The molecule has 0 N–H and O–H groups in total. The minimum absolute atomic E-state index is 0.166. The van der Waals surface area contributed by atoms with Crippen LogP contribution in [0.1, 0.15) is 12.6 Å². The molecule has 9 heteroatoms. The third-order valence-electron chi connectivity index (χ3n) is 1.85. The van der Waals surface area contributed by atoms with Crippen LogP contribution in [0.3, 0.4) is 0 Å². The summed E-state index contributed by atoms with van der Waals surface area (Å²) in [4.78, 5) is 9.16. The molecule has 1 heterocycles. The van der Waals surface area contributed by atoms with Gasteiger partial charge in [0, 0.05) is 10.7 Å². The van der Waals surface area contributed by atoms with E-state index in [0.717, 1.165) is 0 Å². The van der Waals surface area contributed by atoms with Crippen LogP contribution in [0.4, 0.5) is 5.82 Å².